The summed E-state index contributed by atoms with van der Waals surface area (Å²) in [6, 6.07) is 7.45. The fraction of sp³-hybridized carbons (Fsp3) is 0.526. The molecule has 0 aliphatic carbocycles. The molecule has 0 radical (unpaired) electrons. The molecule has 1 fully saturated rings. The lowest BCUT2D eigenvalue weighted by Gasteiger charge is -2.30. The number of amides is 1. The number of halogens is 1. The molecule has 1 aromatic carbocycles. The quantitative estimate of drug-likeness (QED) is 0.836. The highest BCUT2D eigenvalue weighted by Crippen LogP contribution is 2.25. The molecule has 1 N–H and O–H groups in total. The van der Waals surface area contributed by atoms with Crippen LogP contribution in [0.1, 0.15) is 32.6 Å². The van der Waals surface area contributed by atoms with E-state index in [4.69, 9.17) is 16.1 Å². The molecule has 6 nitrogen and oxygen atoms in total. The fourth-order valence-electron chi connectivity index (χ4n) is 3.06. The molecule has 0 unspecified atom stereocenters. The van der Waals surface area contributed by atoms with Gasteiger partial charge in [0.2, 0.25) is 17.6 Å². The Hall–Kier alpha value is -1.92. The first-order chi connectivity index (χ1) is 12.5. The molecule has 1 saturated heterocycles. The van der Waals surface area contributed by atoms with Crippen LogP contribution in [0.15, 0.2) is 28.8 Å². The summed E-state index contributed by atoms with van der Waals surface area (Å²) in [6.45, 7) is 7.24. The third-order valence-electron chi connectivity index (χ3n) is 4.58. The van der Waals surface area contributed by atoms with Crippen molar-refractivity contribution in [1.82, 2.24) is 20.4 Å². The van der Waals surface area contributed by atoms with Crippen LogP contribution in [0.5, 0.6) is 0 Å². The van der Waals surface area contributed by atoms with Crippen molar-refractivity contribution in [2.75, 3.05) is 19.6 Å². The number of nitrogens with one attached hydrogen (secondary N) is 1. The Balaban J connectivity index is 1.51. The fourth-order valence-corrected chi connectivity index (χ4v) is 3.28. The zero-order valence-electron chi connectivity index (χ0n) is 15.2. The maximum Gasteiger partial charge on any atom is 0.241 e. The van der Waals surface area contributed by atoms with Crippen molar-refractivity contribution in [2.24, 2.45) is 11.8 Å². The average molecular weight is 377 g/mol. The van der Waals surface area contributed by atoms with Crippen LogP contribution in [0.4, 0.5) is 0 Å². The molecule has 0 atom stereocenters. The minimum atomic E-state index is 0.103. The summed E-state index contributed by atoms with van der Waals surface area (Å²) in [6.07, 6.45) is 1.71. The van der Waals surface area contributed by atoms with Gasteiger partial charge in [-0.05, 0) is 44.0 Å². The van der Waals surface area contributed by atoms with Gasteiger partial charge in [-0.2, -0.15) is 4.98 Å². The number of likely N-dealkylation sites (tertiary alicyclic amines) is 1. The van der Waals surface area contributed by atoms with E-state index >= 15 is 0 Å². The summed E-state index contributed by atoms with van der Waals surface area (Å²) in [5.41, 5.74) is 0.768. The highest BCUT2D eigenvalue weighted by Gasteiger charge is 2.26. The van der Waals surface area contributed by atoms with Gasteiger partial charge in [-0.25, -0.2) is 0 Å². The molecule has 140 valence electrons. The first kappa shape index (κ1) is 18.9. The lowest BCUT2D eigenvalue weighted by Crippen LogP contribution is -2.41. The summed E-state index contributed by atoms with van der Waals surface area (Å²) in [7, 11) is 0. The van der Waals surface area contributed by atoms with Gasteiger partial charge >= 0.3 is 0 Å². The summed E-state index contributed by atoms with van der Waals surface area (Å²) in [5, 5.41) is 7.67. The van der Waals surface area contributed by atoms with Crippen LogP contribution in [0, 0.1) is 11.8 Å². The van der Waals surface area contributed by atoms with Crippen molar-refractivity contribution in [2.45, 2.75) is 33.2 Å². The molecule has 26 heavy (non-hydrogen) atoms. The molecule has 0 spiro atoms. The van der Waals surface area contributed by atoms with Gasteiger partial charge in [0.1, 0.15) is 0 Å². The van der Waals surface area contributed by atoms with Crippen molar-refractivity contribution in [3.05, 3.63) is 35.2 Å². The van der Waals surface area contributed by atoms with Gasteiger partial charge in [0, 0.05) is 18.0 Å². The SMILES string of the molecule is CC(C)CNC(=O)C1CCN(Cc2nc(-c3ccccc3Cl)no2)CC1. The number of rotatable bonds is 6. The Morgan fingerprint density at radius 1 is 1.35 bits per heavy atom. The highest BCUT2D eigenvalue weighted by molar-refractivity contribution is 6.33. The van der Waals surface area contributed by atoms with Crippen LogP contribution in [0.3, 0.4) is 0 Å². The van der Waals surface area contributed by atoms with E-state index in [0.29, 0.717) is 29.2 Å². The van der Waals surface area contributed by atoms with Gasteiger partial charge in [0.25, 0.3) is 0 Å². The Labute approximate surface area is 158 Å². The molecule has 2 heterocycles. The standard InChI is InChI=1S/C19H25ClN4O2/c1-13(2)11-21-19(25)14-7-9-24(10-8-14)12-17-22-18(23-26-17)15-5-3-4-6-16(15)20/h3-6,13-14H,7-12H2,1-2H3,(H,21,25). The predicted octanol–water partition coefficient (Wildman–Crippen LogP) is 3.37. The lowest BCUT2D eigenvalue weighted by molar-refractivity contribution is -0.126. The number of nitrogens with zero attached hydrogens (tertiary/aromatic N) is 3. The summed E-state index contributed by atoms with van der Waals surface area (Å²) in [5.74, 6) is 1.84. The van der Waals surface area contributed by atoms with Gasteiger partial charge in [0.05, 0.1) is 11.6 Å². The molecule has 1 aliphatic heterocycles. The number of benzene rings is 1. The number of hydrogen-bond acceptors (Lipinski definition) is 5. The molecule has 3 rings (SSSR count). The molecule has 0 bridgehead atoms. The van der Waals surface area contributed by atoms with Crippen LogP contribution in [-0.4, -0.2) is 40.6 Å². The largest absolute Gasteiger partial charge is 0.356 e. The smallest absolute Gasteiger partial charge is 0.241 e. The first-order valence-electron chi connectivity index (χ1n) is 9.10. The number of hydrogen-bond donors (Lipinski definition) is 1. The van der Waals surface area contributed by atoms with Gasteiger partial charge in [-0.15, -0.1) is 0 Å². The van der Waals surface area contributed by atoms with E-state index in [1.807, 2.05) is 24.3 Å². The first-order valence-corrected chi connectivity index (χ1v) is 9.48. The second kappa shape index (κ2) is 8.64. The topological polar surface area (TPSA) is 71.3 Å². The van der Waals surface area contributed by atoms with E-state index in [9.17, 15) is 4.79 Å². The molecule has 1 amide bonds. The number of carbonyl (C=O) groups is 1. The van der Waals surface area contributed by atoms with Crippen molar-refractivity contribution in [3.63, 3.8) is 0 Å². The second-order valence-corrected chi connectivity index (χ2v) is 7.59. The van der Waals surface area contributed by atoms with Gasteiger partial charge in [0.15, 0.2) is 0 Å². The summed E-state index contributed by atoms with van der Waals surface area (Å²) >= 11 is 6.18. The Kier molecular flexibility index (Phi) is 6.27. The molecular weight excluding hydrogens is 352 g/mol. The van der Waals surface area contributed by atoms with E-state index in [-0.39, 0.29) is 11.8 Å². The van der Waals surface area contributed by atoms with Crippen LogP contribution in [-0.2, 0) is 11.3 Å². The van der Waals surface area contributed by atoms with Crippen LogP contribution in [0.25, 0.3) is 11.4 Å². The average Bonchev–Trinajstić information content (AvgIpc) is 3.09. The van der Waals surface area contributed by atoms with Gasteiger partial charge in [-0.3, -0.25) is 9.69 Å². The maximum atomic E-state index is 12.2. The van der Waals surface area contributed by atoms with E-state index in [0.717, 1.165) is 38.0 Å². The minimum absolute atomic E-state index is 0.103. The molecule has 2 aromatic rings. The van der Waals surface area contributed by atoms with E-state index in [1.54, 1.807) is 0 Å². The number of aromatic nitrogens is 2. The Bertz CT molecular complexity index is 739. The van der Waals surface area contributed by atoms with Crippen molar-refractivity contribution >= 4 is 17.5 Å². The normalized spacial score (nSPS) is 16.2. The molecule has 7 heteroatoms. The predicted molar refractivity (Wildman–Crippen MR) is 101 cm³/mol. The molecular formula is C19H25ClN4O2. The van der Waals surface area contributed by atoms with Crippen molar-refractivity contribution in [3.8, 4) is 11.4 Å². The van der Waals surface area contributed by atoms with E-state index < -0.39 is 0 Å². The van der Waals surface area contributed by atoms with Crippen LogP contribution in [0.2, 0.25) is 5.02 Å². The molecule has 0 saturated carbocycles. The van der Waals surface area contributed by atoms with E-state index in [1.165, 1.54) is 0 Å². The Morgan fingerprint density at radius 2 is 2.08 bits per heavy atom. The van der Waals surface area contributed by atoms with Gasteiger partial charge < -0.3 is 9.84 Å². The van der Waals surface area contributed by atoms with Crippen molar-refractivity contribution in [1.29, 1.82) is 0 Å². The zero-order chi connectivity index (χ0) is 18.5. The second-order valence-electron chi connectivity index (χ2n) is 7.18. The highest BCUT2D eigenvalue weighted by atomic mass is 35.5. The summed E-state index contributed by atoms with van der Waals surface area (Å²) in [4.78, 5) is 18.9. The van der Waals surface area contributed by atoms with Crippen LogP contribution >= 0.6 is 11.6 Å². The third kappa shape index (κ3) is 4.83. The molecule has 1 aliphatic rings. The lowest BCUT2D eigenvalue weighted by atomic mass is 9.95. The van der Waals surface area contributed by atoms with Gasteiger partial charge in [-0.1, -0.05) is 42.7 Å². The Morgan fingerprint density at radius 3 is 2.77 bits per heavy atom. The monoisotopic (exact) mass is 376 g/mol. The zero-order valence-corrected chi connectivity index (χ0v) is 16.0. The minimum Gasteiger partial charge on any atom is -0.356 e. The van der Waals surface area contributed by atoms with E-state index in [2.05, 4.69) is 34.2 Å². The maximum absolute atomic E-state index is 12.2. The number of piperidine rings is 1. The third-order valence-corrected chi connectivity index (χ3v) is 4.91. The summed E-state index contributed by atoms with van der Waals surface area (Å²) < 4.78 is 5.38. The molecule has 1 aromatic heterocycles. The van der Waals surface area contributed by atoms with Crippen molar-refractivity contribution < 1.29 is 9.32 Å². The van der Waals surface area contributed by atoms with Crippen LogP contribution < -0.4 is 5.32 Å². The number of carbonyl (C=O) groups excluding carboxylic acids is 1.